The van der Waals surface area contributed by atoms with Crippen molar-refractivity contribution in [2.24, 2.45) is 0 Å². The van der Waals surface area contributed by atoms with Crippen molar-refractivity contribution in [1.29, 1.82) is 5.26 Å². The normalized spacial score (nSPS) is 11.3. The van der Waals surface area contributed by atoms with Gasteiger partial charge in [0.05, 0.1) is 22.9 Å². The first-order chi connectivity index (χ1) is 10.6. The van der Waals surface area contributed by atoms with Crippen molar-refractivity contribution >= 4 is 26.7 Å². The van der Waals surface area contributed by atoms with Gasteiger partial charge in [0.2, 0.25) is 10.0 Å². The summed E-state index contributed by atoms with van der Waals surface area (Å²) >= 11 is 0. The highest BCUT2D eigenvalue weighted by molar-refractivity contribution is 7.89. The van der Waals surface area contributed by atoms with E-state index in [4.69, 9.17) is 0 Å². The van der Waals surface area contributed by atoms with Gasteiger partial charge in [-0.05, 0) is 25.5 Å². The standard InChI is InChI=1S/C15H18N4O2S/c1-2-22(20,21)18-9-5-8-17-15-10-12(11-16)13-6-3-4-7-14(13)19-15/h3-4,6-7,10,18H,2,5,8-9H2,1H3,(H,17,19). The molecular weight excluding hydrogens is 300 g/mol. The molecule has 1 heterocycles. The Morgan fingerprint density at radius 3 is 2.77 bits per heavy atom. The molecule has 0 bridgehead atoms. The minimum atomic E-state index is -3.14. The van der Waals surface area contributed by atoms with Crippen LogP contribution in [-0.2, 0) is 10.0 Å². The van der Waals surface area contributed by atoms with Crippen LogP contribution in [0.1, 0.15) is 18.9 Å². The van der Waals surface area contributed by atoms with Crippen molar-refractivity contribution in [2.45, 2.75) is 13.3 Å². The van der Waals surface area contributed by atoms with E-state index in [9.17, 15) is 13.7 Å². The number of hydrogen-bond donors (Lipinski definition) is 2. The van der Waals surface area contributed by atoms with Gasteiger partial charge in [-0.25, -0.2) is 18.1 Å². The van der Waals surface area contributed by atoms with Gasteiger partial charge in [-0.15, -0.1) is 0 Å². The molecule has 1 aromatic carbocycles. The monoisotopic (exact) mass is 318 g/mol. The number of nitriles is 1. The Kier molecular flexibility index (Phi) is 5.31. The molecule has 0 amide bonds. The number of para-hydroxylation sites is 1. The molecule has 0 aliphatic heterocycles. The summed E-state index contributed by atoms with van der Waals surface area (Å²) in [4.78, 5) is 4.45. The number of nitrogens with one attached hydrogen (secondary N) is 2. The Labute approximate surface area is 130 Å². The summed E-state index contributed by atoms with van der Waals surface area (Å²) in [6.07, 6.45) is 0.635. The molecular formula is C15H18N4O2S. The highest BCUT2D eigenvalue weighted by Crippen LogP contribution is 2.19. The van der Waals surface area contributed by atoms with Crippen molar-refractivity contribution in [3.8, 4) is 6.07 Å². The maximum absolute atomic E-state index is 11.3. The molecule has 22 heavy (non-hydrogen) atoms. The van der Waals surface area contributed by atoms with Crippen LogP contribution in [0.3, 0.4) is 0 Å². The second-order valence-electron chi connectivity index (χ2n) is 4.76. The zero-order valence-electron chi connectivity index (χ0n) is 12.3. The third-order valence-corrected chi connectivity index (χ3v) is 4.60. The number of pyridine rings is 1. The van der Waals surface area contributed by atoms with Crippen molar-refractivity contribution in [1.82, 2.24) is 9.71 Å². The van der Waals surface area contributed by atoms with Crippen LogP contribution >= 0.6 is 0 Å². The highest BCUT2D eigenvalue weighted by Gasteiger charge is 2.06. The zero-order valence-corrected chi connectivity index (χ0v) is 13.2. The third kappa shape index (κ3) is 4.16. The van der Waals surface area contributed by atoms with Gasteiger partial charge >= 0.3 is 0 Å². The van der Waals surface area contributed by atoms with Gasteiger partial charge in [0, 0.05) is 18.5 Å². The Bertz CT molecular complexity index is 797. The van der Waals surface area contributed by atoms with Crippen LogP contribution in [0.5, 0.6) is 0 Å². The molecule has 0 saturated carbocycles. The molecule has 1 aromatic heterocycles. The van der Waals surface area contributed by atoms with Crippen molar-refractivity contribution in [3.05, 3.63) is 35.9 Å². The molecule has 7 heteroatoms. The first-order valence-electron chi connectivity index (χ1n) is 7.07. The average Bonchev–Trinajstić information content (AvgIpc) is 2.53. The van der Waals surface area contributed by atoms with E-state index in [0.29, 0.717) is 30.9 Å². The largest absolute Gasteiger partial charge is 0.370 e. The molecule has 0 unspecified atom stereocenters. The second kappa shape index (κ2) is 7.20. The summed E-state index contributed by atoms with van der Waals surface area (Å²) in [6.45, 7) is 2.55. The topological polar surface area (TPSA) is 94.9 Å². The van der Waals surface area contributed by atoms with Crippen molar-refractivity contribution in [2.75, 3.05) is 24.2 Å². The first kappa shape index (κ1) is 16.2. The second-order valence-corrected chi connectivity index (χ2v) is 6.86. The van der Waals surface area contributed by atoms with E-state index in [-0.39, 0.29) is 5.75 Å². The summed E-state index contributed by atoms with van der Waals surface area (Å²) < 4.78 is 25.1. The fraction of sp³-hybridized carbons (Fsp3) is 0.333. The quantitative estimate of drug-likeness (QED) is 0.760. The lowest BCUT2D eigenvalue weighted by molar-refractivity contribution is 0.581. The van der Waals surface area contributed by atoms with Gasteiger partial charge in [0.15, 0.2) is 0 Å². The molecule has 2 aromatic rings. The van der Waals surface area contributed by atoms with E-state index in [1.165, 1.54) is 0 Å². The number of rotatable bonds is 7. The molecule has 0 radical (unpaired) electrons. The maximum atomic E-state index is 11.3. The Morgan fingerprint density at radius 1 is 1.27 bits per heavy atom. The van der Waals surface area contributed by atoms with E-state index in [1.54, 1.807) is 13.0 Å². The molecule has 2 rings (SSSR count). The number of nitrogens with zero attached hydrogens (tertiary/aromatic N) is 2. The Morgan fingerprint density at radius 2 is 2.05 bits per heavy atom. The molecule has 0 aliphatic rings. The molecule has 2 N–H and O–H groups in total. The van der Waals surface area contributed by atoms with E-state index >= 15 is 0 Å². The Balaban J connectivity index is 1.97. The van der Waals surface area contributed by atoms with E-state index in [2.05, 4.69) is 21.1 Å². The SMILES string of the molecule is CCS(=O)(=O)NCCCNc1cc(C#N)c2ccccc2n1. The molecule has 0 atom stereocenters. The van der Waals surface area contributed by atoms with Crippen LogP contribution in [0.15, 0.2) is 30.3 Å². The summed E-state index contributed by atoms with van der Waals surface area (Å²) in [5, 5.41) is 13.1. The number of anilines is 1. The van der Waals surface area contributed by atoms with Crippen LogP contribution < -0.4 is 10.0 Å². The predicted molar refractivity (Wildman–Crippen MR) is 87.0 cm³/mol. The number of sulfonamides is 1. The molecule has 0 spiro atoms. The summed E-state index contributed by atoms with van der Waals surface area (Å²) in [7, 11) is -3.14. The van der Waals surface area contributed by atoms with E-state index < -0.39 is 10.0 Å². The smallest absolute Gasteiger partial charge is 0.211 e. The van der Waals surface area contributed by atoms with Gasteiger partial charge < -0.3 is 5.32 Å². The van der Waals surface area contributed by atoms with Crippen molar-refractivity contribution < 1.29 is 8.42 Å². The number of fused-ring (bicyclic) bond motifs is 1. The summed E-state index contributed by atoms with van der Waals surface area (Å²) in [5.41, 5.74) is 1.33. The van der Waals surface area contributed by atoms with Crippen molar-refractivity contribution in [3.63, 3.8) is 0 Å². The molecule has 0 fully saturated rings. The van der Waals surface area contributed by atoms with Gasteiger partial charge in [0.1, 0.15) is 5.82 Å². The van der Waals surface area contributed by atoms with Crippen LogP contribution in [0.2, 0.25) is 0 Å². The minimum Gasteiger partial charge on any atom is -0.370 e. The predicted octanol–water partition coefficient (Wildman–Crippen LogP) is 1.85. The van der Waals surface area contributed by atoms with Crippen LogP contribution in [0.25, 0.3) is 10.9 Å². The lowest BCUT2D eigenvalue weighted by Crippen LogP contribution is -2.27. The van der Waals surface area contributed by atoms with Gasteiger partial charge in [-0.1, -0.05) is 18.2 Å². The number of hydrogen-bond acceptors (Lipinski definition) is 5. The molecule has 0 saturated heterocycles. The molecule has 116 valence electrons. The number of aromatic nitrogens is 1. The zero-order chi connectivity index (χ0) is 16.0. The van der Waals surface area contributed by atoms with Gasteiger partial charge in [-0.2, -0.15) is 5.26 Å². The first-order valence-corrected chi connectivity index (χ1v) is 8.72. The van der Waals surface area contributed by atoms with E-state index in [1.807, 2.05) is 24.3 Å². The van der Waals surface area contributed by atoms with Crippen LogP contribution in [0, 0.1) is 11.3 Å². The Hall–Kier alpha value is -2.17. The number of benzene rings is 1. The summed E-state index contributed by atoms with van der Waals surface area (Å²) in [5.74, 6) is 0.701. The van der Waals surface area contributed by atoms with Crippen LogP contribution in [0.4, 0.5) is 5.82 Å². The molecule has 6 nitrogen and oxygen atoms in total. The lowest BCUT2D eigenvalue weighted by atomic mass is 10.1. The van der Waals surface area contributed by atoms with Gasteiger partial charge in [0.25, 0.3) is 0 Å². The molecule has 0 aliphatic carbocycles. The van der Waals surface area contributed by atoms with Crippen LogP contribution in [-0.4, -0.2) is 32.2 Å². The fourth-order valence-electron chi connectivity index (χ4n) is 1.99. The third-order valence-electron chi connectivity index (χ3n) is 3.20. The summed E-state index contributed by atoms with van der Waals surface area (Å²) in [6, 6.07) is 11.3. The average molecular weight is 318 g/mol. The maximum Gasteiger partial charge on any atom is 0.211 e. The fourth-order valence-corrected chi connectivity index (χ4v) is 2.65. The van der Waals surface area contributed by atoms with Gasteiger partial charge in [-0.3, -0.25) is 0 Å². The lowest BCUT2D eigenvalue weighted by Gasteiger charge is -2.08. The minimum absolute atomic E-state index is 0.0815. The van der Waals surface area contributed by atoms with E-state index in [0.717, 1.165) is 10.9 Å². The highest BCUT2D eigenvalue weighted by atomic mass is 32.2.